The molecule has 1 aromatic heterocycles. The van der Waals surface area contributed by atoms with Crippen molar-refractivity contribution < 1.29 is 32.3 Å². The van der Waals surface area contributed by atoms with Gasteiger partial charge in [-0.05, 0) is 29.8 Å². The van der Waals surface area contributed by atoms with E-state index < -0.39 is 35.7 Å². The summed E-state index contributed by atoms with van der Waals surface area (Å²) in [6.07, 6.45) is -3.36. The van der Waals surface area contributed by atoms with Gasteiger partial charge in [0.05, 0.1) is 35.7 Å². The molecule has 3 N–H and O–H groups in total. The van der Waals surface area contributed by atoms with Crippen LogP contribution in [0.2, 0.25) is 0 Å². The number of anilines is 1. The summed E-state index contributed by atoms with van der Waals surface area (Å²) in [5, 5.41) is 2.54. The number of halogens is 4. The predicted octanol–water partition coefficient (Wildman–Crippen LogP) is 3.29. The molecule has 2 heterocycles. The second-order valence-electron chi connectivity index (χ2n) is 6.59. The lowest BCUT2D eigenvalue weighted by Crippen LogP contribution is -2.49. The van der Waals surface area contributed by atoms with Crippen LogP contribution in [-0.4, -0.2) is 35.3 Å². The topological polar surface area (TPSA) is 115 Å². The van der Waals surface area contributed by atoms with Crippen molar-refractivity contribution in [1.82, 2.24) is 10.3 Å². The third-order valence-electron chi connectivity index (χ3n) is 4.68. The third-order valence-corrected chi connectivity index (χ3v) is 5.21. The Kier molecular flexibility index (Phi) is 6.53. The lowest BCUT2D eigenvalue weighted by molar-refractivity contribution is -0.138. The number of allylic oxidation sites excluding steroid dienone is 1. The molecule has 1 aromatic carbocycles. The van der Waals surface area contributed by atoms with Crippen molar-refractivity contribution in [3.63, 3.8) is 0 Å². The molecule has 3 amide bonds. The minimum atomic E-state index is -4.62. The summed E-state index contributed by atoms with van der Waals surface area (Å²) in [6.45, 7) is 0. The molecule has 1 unspecified atom stereocenters. The number of carbonyl (C=O) groups is 3. The Hall–Kier alpha value is -3.41. The second-order valence-corrected chi connectivity index (χ2v) is 7.15. The van der Waals surface area contributed by atoms with Gasteiger partial charge < -0.3 is 15.8 Å². The Morgan fingerprint density at radius 2 is 2.00 bits per heavy atom. The van der Waals surface area contributed by atoms with Crippen LogP contribution in [0, 0.1) is 0 Å². The summed E-state index contributed by atoms with van der Waals surface area (Å²) in [4.78, 5) is 41.8. The molecule has 3 rings (SSSR count). The highest BCUT2D eigenvalue weighted by molar-refractivity contribution is 9.09. The number of rotatable bonds is 5. The van der Waals surface area contributed by atoms with Crippen LogP contribution in [-0.2, 0) is 15.7 Å². The van der Waals surface area contributed by atoms with E-state index in [4.69, 9.17) is 10.5 Å². The first-order chi connectivity index (χ1) is 15.1. The Morgan fingerprint density at radius 1 is 1.28 bits per heavy atom. The summed E-state index contributed by atoms with van der Waals surface area (Å²) >= 11 is 3.22. The maximum absolute atomic E-state index is 13.2. The highest BCUT2D eigenvalue weighted by atomic mass is 79.9. The number of nitrogens with one attached hydrogen (secondary N) is 1. The van der Waals surface area contributed by atoms with Crippen LogP contribution >= 0.6 is 15.9 Å². The van der Waals surface area contributed by atoms with E-state index in [2.05, 4.69) is 26.2 Å². The number of urea groups is 1. The zero-order valence-corrected chi connectivity index (χ0v) is 18.0. The molecule has 0 spiro atoms. The van der Waals surface area contributed by atoms with Gasteiger partial charge in [0.1, 0.15) is 5.69 Å². The van der Waals surface area contributed by atoms with Crippen molar-refractivity contribution in [2.75, 3.05) is 17.3 Å². The third kappa shape index (κ3) is 4.44. The molecule has 1 aliphatic heterocycles. The number of hydrogen-bond donors (Lipinski definition) is 2. The Balaban J connectivity index is 2.16. The first kappa shape index (κ1) is 23.3. The molecule has 12 heteroatoms. The first-order valence-electron chi connectivity index (χ1n) is 8.99. The molecule has 168 valence electrons. The normalized spacial score (nSPS) is 16.6. The number of primary amides is 1. The van der Waals surface area contributed by atoms with Gasteiger partial charge in [0.15, 0.2) is 0 Å². The van der Waals surface area contributed by atoms with Crippen LogP contribution in [0.25, 0.3) is 0 Å². The largest absolute Gasteiger partial charge is 0.466 e. The molecule has 0 saturated heterocycles. The molecule has 8 nitrogen and oxygen atoms in total. The summed E-state index contributed by atoms with van der Waals surface area (Å²) in [5.74, 6) is -1.56. The van der Waals surface area contributed by atoms with E-state index in [1.807, 2.05) is 0 Å². The second kappa shape index (κ2) is 8.99. The molecule has 32 heavy (non-hydrogen) atoms. The molecule has 1 atom stereocenters. The Morgan fingerprint density at radius 3 is 2.53 bits per heavy atom. The zero-order chi connectivity index (χ0) is 23.6. The number of carbonyl (C=O) groups excluding carboxylic acids is 3. The molecular formula is C20H16BrF3N4O4. The number of esters is 1. The standard InChI is InChI=1S/C20H16BrF3N4O4/c1-32-18(30)15-14(8-21)28(12-4-2-3-11(7-12)20(22,23)24)19(31)27-16(15)10-5-6-13(17(25)29)26-9-10/h2-7,9,16H,8H2,1H3,(H2,25,29)(H,27,31). The quantitative estimate of drug-likeness (QED) is 0.471. The van der Waals surface area contributed by atoms with Gasteiger partial charge >= 0.3 is 18.2 Å². The number of ether oxygens (including phenoxy) is 1. The molecule has 0 fully saturated rings. The van der Waals surface area contributed by atoms with Gasteiger partial charge in [0, 0.05) is 11.5 Å². The van der Waals surface area contributed by atoms with Crippen LogP contribution in [0.15, 0.2) is 53.9 Å². The van der Waals surface area contributed by atoms with E-state index in [-0.39, 0.29) is 28.0 Å². The Labute approximate surface area is 188 Å². The number of aromatic nitrogens is 1. The van der Waals surface area contributed by atoms with Gasteiger partial charge in [-0.2, -0.15) is 13.2 Å². The van der Waals surface area contributed by atoms with E-state index in [1.54, 1.807) is 0 Å². The first-order valence-corrected chi connectivity index (χ1v) is 10.1. The predicted molar refractivity (Wildman–Crippen MR) is 111 cm³/mol. The van der Waals surface area contributed by atoms with E-state index in [9.17, 15) is 27.6 Å². The van der Waals surface area contributed by atoms with Crippen LogP contribution in [0.5, 0.6) is 0 Å². The molecule has 0 saturated carbocycles. The zero-order valence-electron chi connectivity index (χ0n) is 16.4. The van der Waals surface area contributed by atoms with Gasteiger partial charge in [-0.15, -0.1) is 0 Å². The SMILES string of the molecule is COC(=O)C1=C(CBr)N(c2cccc(C(F)(F)F)c2)C(=O)NC1c1ccc(C(N)=O)nc1. The van der Waals surface area contributed by atoms with E-state index in [1.165, 1.54) is 24.4 Å². The fourth-order valence-electron chi connectivity index (χ4n) is 3.21. The van der Waals surface area contributed by atoms with Gasteiger partial charge in [0.2, 0.25) is 0 Å². The Bertz CT molecular complexity index is 1100. The summed E-state index contributed by atoms with van der Waals surface area (Å²) in [7, 11) is 1.14. The maximum atomic E-state index is 13.2. The molecule has 2 aromatic rings. The van der Waals surface area contributed by atoms with Gasteiger partial charge in [0.25, 0.3) is 5.91 Å². The van der Waals surface area contributed by atoms with Crippen molar-refractivity contribution >= 4 is 39.5 Å². The van der Waals surface area contributed by atoms with Crippen molar-refractivity contribution in [1.29, 1.82) is 0 Å². The van der Waals surface area contributed by atoms with E-state index in [0.717, 1.165) is 30.2 Å². The monoisotopic (exact) mass is 512 g/mol. The highest BCUT2D eigenvalue weighted by Gasteiger charge is 2.39. The number of nitrogens with zero attached hydrogens (tertiary/aromatic N) is 2. The molecule has 0 radical (unpaired) electrons. The van der Waals surface area contributed by atoms with Gasteiger partial charge in [-0.3, -0.25) is 14.7 Å². The summed E-state index contributed by atoms with van der Waals surface area (Å²) in [5.41, 5.74) is 4.52. The number of alkyl halides is 4. The minimum Gasteiger partial charge on any atom is -0.466 e. The summed E-state index contributed by atoms with van der Waals surface area (Å²) < 4.78 is 44.4. The molecule has 0 bridgehead atoms. The van der Waals surface area contributed by atoms with Gasteiger partial charge in [-0.25, -0.2) is 9.59 Å². The lowest BCUT2D eigenvalue weighted by atomic mass is 9.95. The number of nitrogens with two attached hydrogens (primary N) is 1. The van der Waals surface area contributed by atoms with E-state index in [0.29, 0.717) is 5.56 Å². The van der Waals surface area contributed by atoms with Crippen molar-refractivity contribution in [3.8, 4) is 0 Å². The number of amides is 3. The minimum absolute atomic E-state index is 0.0185. The van der Waals surface area contributed by atoms with Crippen LogP contribution < -0.4 is 16.0 Å². The highest BCUT2D eigenvalue weighted by Crippen LogP contribution is 2.37. The van der Waals surface area contributed by atoms with Gasteiger partial charge in [-0.1, -0.05) is 28.1 Å². The lowest BCUT2D eigenvalue weighted by Gasteiger charge is -2.36. The molecule has 0 aliphatic carbocycles. The number of hydrogen-bond acceptors (Lipinski definition) is 5. The molecular weight excluding hydrogens is 497 g/mol. The fraction of sp³-hybridized carbons (Fsp3) is 0.200. The number of pyridine rings is 1. The van der Waals surface area contributed by atoms with E-state index >= 15 is 0 Å². The molecule has 1 aliphatic rings. The smallest absolute Gasteiger partial charge is 0.416 e. The van der Waals surface area contributed by atoms with Crippen LogP contribution in [0.1, 0.15) is 27.7 Å². The van der Waals surface area contributed by atoms with Crippen molar-refractivity contribution in [2.45, 2.75) is 12.2 Å². The summed E-state index contributed by atoms with van der Waals surface area (Å²) in [6, 6.07) is 5.14. The number of benzene rings is 1. The average Bonchev–Trinajstić information content (AvgIpc) is 2.77. The maximum Gasteiger partial charge on any atom is 0.416 e. The van der Waals surface area contributed by atoms with Crippen LogP contribution in [0.4, 0.5) is 23.7 Å². The van der Waals surface area contributed by atoms with Crippen molar-refractivity contribution in [2.24, 2.45) is 5.73 Å². The fourth-order valence-corrected chi connectivity index (χ4v) is 3.77. The van der Waals surface area contributed by atoms with Crippen molar-refractivity contribution in [3.05, 3.63) is 70.7 Å². The number of methoxy groups -OCH3 is 1. The van der Waals surface area contributed by atoms with Crippen LogP contribution in [0.3, 0.4) is 0 Å². The average molecular weight is 513 g/mol.